The number of aromatic nitrogens is 1. The molecule has 1 aromatic heterocycles. The van der Waals surface area contributed by atoms with Crippen molar-refractivity contribution in [3.63, 3.8) is 0 Å². The number of benzene rings is 1. The molecule has 0 aliphatic heterocycles. The molecule has 2 aromatic rings. The fraction of sp³-hybridized carbons (Fsp3) is 0.375. The van der Waals surface area contributed by atoms with E-state index in [2.05, 4.69) is 4.98 Å². The molecule has 0 radical (unpaired) electrons. The summed E-state index contributed by atoms with van der Waals surface area (Å²) in [6.07, 6.45) is 2.25. The zero-order valence-electron chi connectivity index (χ0n) is 12.5. The standard InChI is InChI=1S/C16H17FN2O2S/c1-19(2)16-18-13(15(20)21-9-10-3-4-10)14(22-16)11-5-7-12(17)8-6-11/h5-8,10H,3-4,9H2,1-2H3. The summed E-state index contributed by atoms with van der Waals surface area (Å²) < 4.78 is 18.4. The van der Waals surface area contributed by atoms with Crippen molar-refractivity contribution in [2.24, 2.45) is 5.92 Å². The highest BCUT2D eigenvalue weighted by Gasteiger charge is 2.26. The number of carbonyl (C=O) groups excluding carboxylic acids is 1. The first kappa shape index (κ1) is 15.0. The van der Waals surface area contributed by atoms with Crippen molar-refractivity contribution in [2.75, 3.05) is 25.6 Å². The maximum absolute atomic E-state index is 13.1. The van der Waals surface area contributed by atoms with E-state index in [1.165, 1.54) is 23.5 Å². The smallest absolute Gasteiger partial charge is 0.358 e. The van der Waals surface area contributed by atoms with Crippen LogP contribution in [0.3, 0.4) is 0 Å². The molecular weight excluding hydrogens is 303 g/mol. The summed E-state index contributed by atoms with van der Waals surface area (Å²) in [7, 11) is 3.74. The monoisotopic (exact) mass is 320 g/mol. The van der Waals surface area contributed by atoms with Crippen molar-refractivity contribution >= 4 is 22.4 Å². The number of hydrogen-bond acceptors (Lipinski definition) is 5. The van der Waals surface area contributed by atoms with E-state index in [0.717, 1.165) is 23.5 Å². The van der Waals surface area contributed by atoms with E-state index < -0.39 is 5.97 Å². The summed E-state index contributed by atoms with van der Waals surface area (Å²) in [6.45, 7) is 0.455. The van der Waals surface area contributed by atoms with Crippen LogP contribution >= 0.6 is 11.3 Å². The Morgan fingerprint density at radius 1 is 1.36 bits per heavy atom. The molecule has 22 heavy (non-hydrogen) atoms. The predicted octanol–water partition coefficient (Wildman–Crippen LogP) is 3.58. The fourth-order valence-corrected chi connectivity index (χ4v) is 2.96. The van der Waals surface area contributed by atoms with Crippen LogP contribution in [-0.2, 0) is 4.74 Å². The van der Waals surface area contributed by atoms with E-state index in [-0.39, 0.29) is 5.82 Å². The molecule has 0 amide bonds. The lowest BCUT2D eigenvalue weighted by molar-refractivity contribution is 0.0481. The molecule has 0 unspecified atom stereocenters. The van der Waals surface area contributed by atoms with Crippen molar-refractivity contribution in [3.05, 3.63) is 35.8 Å². The second-order valence-corrected chi connectivity index (χ2v) is 6.59. The minimum Gasteiger partial charge on any atom is -0.461 e. The number of rotatable bonds is 5. The van der Waals surface area contributed by atoms with Gasteiger partial charge < -0.3 is 9.64 Å². The van der Waals surface area contributed by atoms with E-state index in [1.807, 2.05) is 19.0 Å². The van der Waals surface area contributed by atoms with Gasteiger partial charge in [-0.05, 0) is 36.5 Å². The van der Waals surface area contributed by atoms with Crippen LogP contribution in [0, 0.1) is 11.7 Å². The molecule has 4 nitrogen and oxygen atoms in total. The molecule has 1 aliphatic rings. The van der Waals surface area contributed by atoms with Crippen molar-refractivity contribution in [2.45, 2.75) is 12.8 Å². The number of anilines is 1. The van der Waals surface area contributed by atoms with Crippen molar-refractivity contribution in [3.8, 4) is 10.4 Å². The summed E-state index contributed by atoms with van der Waals surface area (Å²) in [6, 6.07) is 6.06. The maximum atomic E-state index is 13.1. The van der Waals surface area contributed by atoms with E-state index in [0.29, 0.717) is 23.1 Å². The number of nitrogens with zero attached hydrogens (tertiary/aromatic N) is 2. The van der Waals surface area contributed by atoms with Gasteiger partial charge in [0.05, 0.1) is 11.5 Å². The number of esters is 1. The molecule has 6 heteroatoms. The lowest BCUT2D eigenvalue weighted by Crippen LogP contribution is -2.11. The Balaban J connectivity index is 1.91. The third kappa shape index (κ3) is 3.27. The third-order valence-electron chi connectivity index (χ3n) is 3.45. The molecule has 116 valence electrons. The molecule has 0 bridgehead atoms. The quantitative estimate of drug-likeness (QED) is 0.790. The van der Waals surface area contributed by atoms with Crippen LogP contribution in [0.4, 0.5) is 9.52 Å². The predicted molar refractivity (Wildman–Crippen MR) is 84.8 cm³/mol. The first-order valence-corrected chi connectivity index (χ1v) is 7.97. The van der Waals surface area contributed by atoms with E-state index >= 15 is 0 Å². The topological polar surface area (TPSA) is 42.4 Å². The Morgan fingerprint density at radius 2 is 2.05 bits per heavy atom. The first-order chi connectivity index (χ1) is 10.5. The van der Waals surface area contributed by atoms with Crippen LogP contribution in [0.2, 0.25) is 0 Å². The highest BCUT2D eigenvalue weighted by molar-refractivity contribution is 7.19. The zero-order valence-corrected chi connectivity index (χ0v) is 13.3. The lowest BCUT2D eigenvalue weighted by Gasteiger charge is -2.05. The maximum Gasteiger partial charge on any atom is 0.358 e. The number of halogens is 1. The summed E-state index contributed by atoms with van der Waals surface area (Å²) in [5.41, 5.74) is 1.08. The van der Waals surface area contributed by atoms with Crippen molar-refractivity contribution in [1.29, 1.82) is 0 Å². The number of ether oxygens (including phenoxy) is 1. The van der Waals surface area contributed by atoms with Crippen LogP contribution in [0.1, 0.15) is 23.3 Å². The number of hydrogen-bond donors (Lipinski definition) is 0. The van der Waals surface area contributed by atoms with Gasteiger partial charge in [-0.25, -0.2) is 14.2 Å². The molecule has 3 rings (SSSR count). The van der Waals surface area contributed by atoms with Crippen LogP contribution in [0.25, 0.3) is 10.4 Å². The normalized spacial score (nSPS) is 14.0. The van der Waals surface area contributed by atoms with Gasteiger partial charge in [-0.3, -0.25) is 0 Å². The minimum absolute atomic E-state index is 0.306. The van der Waals surface area contributed by atoms with Gasteiger partial charge in [0.25, 0.3) is 0 Å². The Bertz CT molecular complexity index is 678. The summed E-state index contributed by atoms with van der Waals surface area (Å²) in [5, 5.41) is 0.720. The van der Waals surface area contributed by atoms with E-state index in [4.69, 9.17) is 4.74 Å². The second kappa shape index (κ2) is 6.04. The fourth-order valence-electron chi connectivity index (χ4n) is 1.98. The van der Waals surface area contributed by atoms with Crippen molar-refractivity contribution < 1.29 is 13.9 Å². The molecule has 1 aromatic carbocycles. The van der Waals surface area contributed by atoms with E-state index in [1.54, 1.807) is 12.1 Å². The van der Waals surface area contributed by atoms with E-state index in [9.17, 15) is 9.18 Å². The van der Waals surface area contributed by atoms with Crippen LogP contribution < -0.4 is 4.90 Å². The van der Waals surface area contributed by atoms with Gasteiger partial charge in [0.2, 0.25) is 0 Å². The third-order valence-corrected chi connectivity index (χ3v) is 4.72. The Morgan fingerprint density at radius 3 is 2.64 bits per heavy atom. The lowest BCUT2D eigenvalue weighted by atomic mass is 10.1. The molecular formula is C16H17FN2O2S. The molecule has 0 saturated heterocycles. The first-order valence-electron chi connectivity index (χ1n) is 7.16. The molecule has 1 fully saturated rings. The van der Waals surface area contributed by atoms with Gasteiger partial charge in [0.1, 0.15) is 5.82 Å². The van der Waals surface area contributed by atoms with Crippen molar-refractivity contribution in [1.82, 2.24) is 4.98 Å². The van der Waals surface area contributed by atoms with Gasteiger partial charge in [0, 0.05) is 14.1 Å². The average Bonchev–Trinajstić information content (AvgIpc) is 3.21. The number of carbonyl (C=O) groups is 1. The average molecular weight is 320 g/mol. The highest BCUT2D eigenvalue weighted by atomic mass is 32.1. The molecule has 1 saturated carbocycles. The summed E-state index contributed by atoms with van der Waals surface area (Å²) in [4.78, 5) is 19.2. The van der Waals surface area contributed by atoms with Crippen LogP contribution in [0.15, 0.2) is 24.3 Å². The van der Waals surface area contributed by atoms with Crippen LogP contribution in [-0.4, -0.2) is 31.7 Å². The second-order valence-electron chi connectivity index (χ2n) is 5.62. The minimum atomic E-state index is -0.407. The number of thiazole rings is 1. The van der Waals surface area contributed by atoms with Gasteiger partial charge in [-0.1, -0.05) is 23.5 Å². The van der Waals surface area contributed by atoms with Gasteiger partial charge in [-0.2, -0.15) is 0 Å². The summed E-state index contributed by atoms with van der Waals surface area (Å²) in [5.74, 6) is -0.209. The zero-order chi connectivity index (χ0) is 15.7. The molecule has 0 spiro atoms. The highest BCUT2D eigenvalue weighted by Crippen LogP contribution is 2.35. The molecule has 0 atom stereocenters. The Labute approximate surface area is 132 Å². The summed E-state index contributed by atoms with van der Waals surface area (Å²) >= 11 is 1.40. The molecule has 1 aliphatic carbocycles. The van der Waals surface area contributed by atoms with Crippen LogP contribution in [0.5, 0.6) is 0 Å². The van der Waals surface area contributed by atoms with Gasteiger partial charge in [0.15, 0.2) is 10.8 Å². The van der Waals surface area contributed by atoms with Gasteiger partial charge >= 0.3 is 5.97 Å². The van der Waals surface area contributed by atoms with Gasteiger partial charge in [-0.15, -0.1) is 0 Å². The molecule has 0 N–H and O–H groups in total. The Hall–Kier alpha value is -1.95. The largest absolute Gasteiger partial charge is 0.461 e. The Kier molecular flexibility index (Phi) is 4.11. The molecule has 1 heterocycles. The SMILES string of the molecule is CN(C)c1nc(C(=O)OCC2CC2)c(-c2ccc(F)cc2)s1.